The standard InChI is InChI=1S/C24H29ClN2O2S/c1-30-16-13-21(27-22(28)19-11-5-6-12-20(19)25)23(29)26-17-24(14-7-8-15-24)18-9-3-2-4-10-18/h2-6,9-12,21H,7-8,13-17H2,1H3,(H,26,29)(H,27,28). The van der Waals surface area contributed by atoms with Gasteiger partial charge >= 0.3 is 0 Å². The van der Waals surface area contributed by atoms with Crippen molar-refractivity contribution < 1.29 is 9.59 Å². The zero-order chi connectivity index (χ0) is 21.4. The van der Waals surface area contributed by atoms with Gasteiger partial charge in [-0.25, -0.2) is 0 Å². The van der Waals surface area contributed by atoms with Crippen LogP contribution in [0.5, 0.6) is 0 Å². The van der Waals surface area contributed by atoms with E-state index in [1.54, 1.807) is 36.0 Å². The van der Waals surface area contributed by atoms with E-state index in [1.165, 1.54) is 18.4 Å². The van der Waals surface area contributed by atoms with Crippen LogP contribution in [0, 0.1) is 0 Å². The van der Waals surface area contributed by atoms with Crippen LogP contribution in [0.15, 0.2) is 54.6 Å². The first-order valence-corrected chi connectivity index (χ1v) is 12.2. The number of carbonyl (C=O) groups is 2. The third kappa shape index (κ3) is 5.58. The number of benzene rings is 2. The minimum absolute atomic E-state index is 0.0201. The number of thioether (sulfide) groups is 1. The normalized spacial score (nSPS) is 16.1. The second-order valence-corrected chi connectivity index (χ2v) is 9.25. The van der Waals surface area contributed by atoms with Gasteiger partial charge in [0, 0.05) is 12.0 Å². The van der Waals surface area contributed by atoms with Crippen molar-refractivity contribution in [2.24, 2.45) is 0 Å². The van der Waals surface area contributed by atoms with Crippen LogP contribution in [0.4, 0.5) is 0 Å². The summed E-state index contributed by atoms with van der Waals surface area (Å²) in [4.78, 5) is 25.8. The first-order chi connectivity index (χ1) is 14.6. The van der Waals surface area contributed by atoms with Gasteiger partial charge in [-0.2, -0.15) is 11.8 Å². The van der Waals surface area contributed by atoms with Crippen molar-refractivity contribution >= 4 is 35.2 Å². The minimum Gasteiger partial charge on any atom is -0.353 e. The van der Waals surface area contributed by atoms with E-state index in [-0.39, 0.29) is 17.2 Å². The molecule has 2 N–H and O–H groups in total. The van der Waals surface area contributed by atoms with Crippen molar-refractivity contribution in [3.63, 3.8) is 0 Å². The monoisotopic (exact) mass is 444 g/mol. The van der Waals surface area contributed by atoms with Gasteiger partial charge in [-0.05, 0) is 49.0 Å². The maximum Gasteiger partial charge on any atom is 0.253 e. The number of hydrogen-bond acceptors (Lipinski definition) is 3. The molecule has 2 aromatic carbocycles. The Morgan fingerprint density at radius 3 is 2.40 bits per heavy atom. The number of rotatable bonds is 9. The van der Waals surface area contributed by atoms with E-state index in [2.05, 4.69) is 34.9 Å². The molecule has 1 unspecified atom stereocenters. The van der Waals surface area contributed by atoms with E-state index in [0.29, 0.717) is 23.6 Å². The van der Waals surface area contributed by atoms with Gasteiger partial charge in [0.15, 0.2) is 0 Å². The molecule has 0 aromatic heterocycles. The molecule has 1 fully saturated rings. The summed E-state index contributed by atoms with van der Waals surface area (Å²) in [6, 6.07) is 16.8. The number of nitrogens with one attached hydrogen (secondary N) is 2. The number of halogens is 1. The summed E-state index contributed by atoms with van der Waals surface area (Å²) in [6.45, 7) is 0.591. The van der Waals surface area contributed by atoms with Crippen molar-refractivity contribution in [3.05, 3.63) is 70.7 Å². The lowest BCUT2D eigenvalue weighted by atomic mass is 9.79. The molecule has 2 aromatic rings. The van der Waals surface area contributed by atoms with E-state index >= 15 is 0 Å². The number of amides is 2. The van der Waals surface area contributed by atoms with E-state index in [9.17, 15) is 9.59 Å². The topological polar surface area (TPSA) is 58.2 Å². The molecule has 160 valence electrons. The lowest BCUT2D eigenvalue weighted by Gasteiger charge is -2.31. The van der Waals surface area contributed by atoms with E-state index in [1.807, 2.05) is 12.3 Å². The summed E-state index contributed by atoms with van der Waals surface area (Å²) in [5.74, 6) is 0.331. The van der Waals surface area contributed by atoms with Crippen LogP contribution in [0.25, 0.3) is 0 Å². The van der Waals surface area contributed by atoms with Crippen LogP contribution in [0.3, 0.4) is 0 Å². The van der Waals surface area contributed by atoms with Crippen molar-refractivity contribution in [1.82, 2.24) is 10.6 Å². The molecule has 1 aliphatic carbocycles. The van der Waals surface area contributed by atoms with Crippen LogP contribution >= 0.6 is 23.4 Å². The predicted molar refractivity (Wildman–Crippen MR) is 125 cm³/mol. The highest BCUT2D eigenvalue weighted by molar-refractivity contribution is 7.98. The lowest BCUT2D eigenvalue weighted by molar-refractivity contribution is -0.123. The summed E-state index contributed by atoms with van der Waals surface area (Å²) in [5.41, 5.74) is 1.65. The molecule has 0 saturated heterocycles. The van der Waals surface area contributed by atoms with Crippen molar-refractivity contribution in [2.75, 3.05) is 18.6 Å². The van der Waals surface area contributed by atoms with Gasteiger partial charge in [0.05, 0.1) is 10.6 Å². The summed E-state index contributed by atoms with van der Waals surface area (Å²) in [6.07, 6.45) is 7.04. The zero-order valence-electron chi connectivity index (χ0n) is 17.3. The van der Waals surface area contributed by atoms with E-state index in [0.717, 1.165) is 18.6 Å². The van der Waals surface area contributed by atoms with Crippen LogP contribution in [0.2, 0.25) is 5.02 Å². The molecule has 0 heterocycles. The van der Waals surface area contributed by atoms with Gasteiger partial charge in [0.25, 0.3) is 5.91 Å². The Morgan fingerprint density at radius 2 is 1.73 bits per heavy atom. The summed E-state index contributed by atoms with van der Waals surface area (Å²) in [5, 5.41) is 6.42. The van der Waals surface area contributed by atoms with Crippen molar-refractivity contribution in [1.29, 1.82) is 0 Å². The molecule has 30 heavy (non-hydrogen) atoms. The minimum atomic E-state index is -0.588. The predicted octanol–water partition coefficient (Wildman–Crippen LogP) is 4.82. The Hall–Kier alpha value is -1.98. The highest BCUT2D eigenvalue weighted by atomic mass is 35.5. The first kappa shape index (κ1) is 22.7. The average Bonchev–Trinajstić information content (AvgIpc) is 3.26. The highest BCUT2D eigenvalue weighted by Crippen LogP contribution is 2.40. The Labute approximate surface area is 188 Å². The number of carbonyl (C=O) groups excluding carboxylic acids is 2. The smallest absolute Gasteiger partial charge is 0.253 e. The van der Waals surface area contributed by atoms with Gasteiger partial charge in [0.1, 0.15) is 6.04 Å². The molecule has 6 heteroatoms. The van der Waals surface area contributed by atoms with Crippen molar-refractivity contribution in [3.8, 4) is 0 Å². The van der Waals surface area contributed by atoms with Gasteiger partial charge in [-0.15, -0.1) is 0 Å². The second kappa shape index (κ2) is 10.9. The fourth-order valence-corrected chi connectivity index (χ4v) is 4.87. The fourth-order valence-electron chi connectivity index (χ4n) is 4.18. The molecule has 1 aliphatic rings. The number of hydrogen-bond donors (Lipinski definition) is 2. The molecule has 0 spiro atoms. The van der Waals surface area contributed by atoms with Crippen LogP contribution < -0.4 is 10.6 Å². The second-order valence-electron chi connectivity index (χ2n) is 7.86. The van der Waals surface area contributed by atoms with Gasteiger partial charge in [0.2, 0.25) is 5.91 Å². The van der Waals surface area contributed by atoms with Crippen molar-refractivity contribution in [2.45, 2.75) is 43.6 Å². The molecule has 0 bridgehead atoms. The Morgan fingerprint density at radius 1 is 1.07 bits per heavy atom. The zero-order valence-corrected chi connectivity index (χ0v) is 18.9. The van der Waals surface area contributed by atoms with Crippen LogP contribution in [-0.4, -0.2) is 36.4 Å². The largest absolute Gasteiger partial charge is 0.353 e. The summed E-state index contributed by atoms with van der Waals surface area (Å²) >= 11 is 7.81. The molecule has 0 aliphatic heterocycles. The Kier molecular flexibility index (Phi) is 8.23. The Bertz CT molecular complexity index is 853. The first-order valence-electron chi connectivity index (χ1n) is 10.4. The van der Waals surface area contributed by atoms with E-state index < -0.39 is 6.04 Å². The summed E-state index contributed by atoms with van der Waals surface area (Å²) in [7, 11) is 0. The third-order valence-corrected chi connectivity index (χ3v) is 6.87. The van der Waals surface area contributed by atoms with Crippen LogP contribution in [-0.2, 0) is 10.2 Å². The van der Waals surface area contributed by atoms with Gasteiger partial charge < -0.3 is 10.6 Å². The molecule has 2 amide bonds. The molecule has 1 atom stereocenters. The maximum atomic E-state index is 13.1. The molecular formula is C24H29ClN2O2S. The average molecular weight is 445 g/mol. The quantitative estimate of drug-likeness (QED) is 0.583. The molecular weight excluding hydrogens is 416 g/mol. The lowest BCUT2D eigenvalue weighted by Crippen LogP contribution is -2.50. The third-order valence-electron chi connectivity index (χ3n) is 5.90. The highest BCUT2D eigenvalue weighted by Gasteiger charge is 2.36. The molecule has 1 saturated carbocycles. The van der Waals surface area contributed by atoms with E-state index in [4.69, 9.17) is 11.6 Å². The summed E-state index contributed by atoms with van der Waals surface area (Å²) < 4.78 is 0. The SMILES string of the molecule is CSCCC(NC(=O)c1ccccc1Cl)C(=O)NCC1(c2ccccc2)CCCC1. The molecule has 0 radical (unpaired) electrons. The maximum absolute atomic E-state index is 13.1. The van der Waals surface area contributed by atoms with Gasteiger partial charge in [-0.1, -0.05) is 66.9 Å². The van der Waals surface area contributed by atoms with Gasteiger partial charge in [-0.3, -0.25) is 9.59 Å². The molecule has 3 rings (SSSR count). The molecule has 4 nitrogen and oxygen atoms in total. The Balaban J connectivity index is 1.69. The fraction of sp³-hybridized carbons (Fsp3) is 0.417. The van der Waals surface area contributed by atoms with Crippen LogP contribution in [0.1, 0.15) is 48.0 Å².